The Hall–Kier alpha value is -0.680. The standard InChI is InChI=1S/C13H15Cl2N/c1-3-4-5-6-13(16-2)10-7-11(14)9-12(15)8-10/h1,7-9,13,16H,4-6H2,2H3. The molecule has 0 aromatic heterocycles. The van der Waals surface area contributed by atoms with Gasteiger partial charge in [-0.2, -0.15) is 0 Å². The van der Waals surface area contributed by atoms with Crippen LogP contribution in [0.25, 0.3) is 0 Å². The van der Waals surface area contributed by atoms with Gasteiger partial charge in [-0.05, 0) is 43.7 Å². The van der Waals surface area contributed by atoms with E-state index < -0.39 is 0 Å². The molecule has 0 fully saturated rings. The van der Waals surface area contributed by atoms with Gasteiger partial charge in [-0.3, -0.25) is 0 Å². The molecule has 16 heavy (non-hydrogen) atoms. The molecule has 0 spiro atoms. The van der Waals surface area contributed by atoms with E-state index in [1.54, 1.807) is 6.07 Å². The number of nitrogens with one attached hydrogen (secondary N) is 1. The molecule has 0 saturated heterocycles. The average molecular weight is 256 g/mol. The monoisotopic (exact) mass is 255 g/mol. The molecule has 1 rings (SSSR count). The van der Waals surface area contributed by atoms with Crippen LogP contribution in [-0.4, -0.2) is 7.05 Å². The maximum absolute atomic E-state index is 5.97. The van der Waals surface area contributed by atoms with Crippen molar-refractivity contribution < 1.29 is 0 Å². The summed E-state index contributed by atoms with van der Waals surface area (Å²) in [6.07, 6.45) is 8.00. The zero-order valence-corrected chi connectivity index (χ0v) is 10.8. The molecule has 0 aliphatic heterocycles. The Labute approximate surface area is 107 Å². The topological polar surface area (TPSA) is 12.0 Å². The van der Waals surface area contributed by atoms with Crippen molar-refractivity contribution in [2.45, 2.75) is 25.3 Å². The second kappa shape index (κ2) is 6.81. The average Bonchev–Trinajstić information content (AvgIpc) is 2.23. The lowest BCUT2D eigenvalue weighted by atomic mass is 10.0. The summed E-state index contributed by atoms with van der Waals surface area (Å²) in [4.78, 5) is 0. The molecule has 0 heterocycles. The highest BCUT2D eigenvalue weighted by atomic mass is 35.5. The fraction of sp³-hybridized carbons (Fsp3) is 0.385. The van der Waals surface area contributed by atoms with E-state index in [2.05, 4.69) is 11.2 Å². The van der Waals surface area contributed by atoms with Gasteiger partial charge in [0, 0.05) is 22.5 Å². The zero-order valence-electron chi connectivity index (χ0n) is 9.26. The van der Waals surface area contributed by atoms with Crippen LogP contribution in [0.3, 0.4) is 0 Å². The maximum atomic E-state index is 5.97. The number of unbranched alkanes of at least 4 members (excludes halogenated alkanes) is 1. The van der Waals surface area contributed by atoms with E-state index in [0.29, 0.717) is 10.0 Å². The Morgan fingerprint density at radius 3 is 2.44 bits per heavy atom. The predicted molar refractivity (Wildman–Crippen MR) is 70.9 cm³/mol. The van der Waals surface area contributed by atoms with E-state index >= 15 is 0 Å². The lowest BCUT2D eigenvalue weighted by molar-refractivity contribution is 0.532. The Balaban J connectivity index is 2.74. The van der Waals surface area contributed by atoms with Crippen molar-refractivity contribution in [1.29, 1.82) is 0 Å². The fourth-order valence-corrected chi connectivity index (χ4v) is 2.21. The van der Waals surface area contributed by atoms with Crippen molar-refractivity contribution in [3.05, 3.63) is 33.8 Å². The smallest absolute Gasteiger partial charge is 0.0424 e. The minimum absolute atomic E-state index is 0.254. The highest BCUT2D eigenvalue weighted by Gasteiger charge is 2.10. The third kappa shape index (κ3) is 4.06. The minimum atomic E-state index is 0.254. The van der Waals surface area contributed by atoms with Crippen LogP contribution < -0.4 is 5.32 Å². The van der Waals surface area contributed by atoms with Gasteiger partial charge in [0.2, 0.25) is 0 Å². The quantitative estimate of drug-likeness (QED) is 0.618. The molecular formula is C13H15Cl2N. The van der Waals surface area contributed by atoms with Gasteiger partial charge in [0.05, 0.1) is 0 Å². The molecule has 0 aliphatic rings. The van der Waals surface area contributed by atoms with Crippen molar-refractivity contribution >= 4 is 23.2 Å². The summed E-state index contributed by atoms with van der Waals surface area (Å²) in [6, 6.07) is 5.86. The molecule has 3 heteroatoms. The molecular weight excluding hydrogens is 241 g/mol. The molecule has 0 radical (unpaired) electrons. The highest BCUT2D eigenvalue weighted by molar-refractivity contribution is 6.34. The second-order valence-corrected chi connectivity index (χ2v) is 4.51. The number of terminal acetylenes is 1. The molecule has 86 valence electrons. The summed E-state index contributed by atoms with van der Waals surface area (Å²) in [5, 5.41) is 4.58. The molecule has 1 nitrogen and oxygen atoms in total. The van der Waals surface area contributed by atoms with Crippen LogP contribution in [-0.2, 0) is 0 Å². The second-order valence-electron chi connectivity index (χ2n) is 3.64. The molecule has 1 aromatic rings. The number of halogens is 2. The summed E-state index contributed by atoms with van der Waals surface area (Å²) in [7, 11) is 1.93. The molecule has 0 bridgehead atoms. The van der Waals surface area contributed by atoms with E-state index in [0.717, 1.165) is 24.8 Å². The van der Waals surface area contributed by atoms with Gasteiger partial charge in [-0.15, -0.1) is 12.3 Å². The normalized spacial score (nSPS) is 12.1. The van der Waals surface area contributed by atoms with E-state index in [4.69, 9.17) is 29.6 Å². The van der Waals surface area contributed by atoms with Gasteiger partial charge in [-0.25, -0.2) is 0 Å². The van der Waals surface area contributed by atoms with Crippen LogP contribution in [0.2, 0.25) is 10.0 Å². The van der Waals surface area contributed by atoms with Gasteiger partial charge < -0.3 is 5.32 Å². The van der Waals surface area contributed by atoms with Crippen molar-refractivity contribution in [2.75, 3.05) is 7.05 Å². The first-order valence-electron chi connectivity index (χ1n) is 5.24. The molecule has 0 amide bonds. The van der Waals surface area contributed by atoms with E-state index in [1.165, 1.54) is 0 Å². The van der Waals surface area contributed by atoms with E-state index in [1.807, 2.05) is 19.2 Å². The molecule has 1 aromatic carbocycles. The van der Waals surface area contributed by atoms with Gasteiger partial charge in [-0.1, -0.05) is 23.2 Å². The lowest BCUT2D eigenvalue weighted by Crippen LogP contribution is -2.16. The van der Waals surface area contributed by atoms with Crippen LogP contribution in [0.15, 0.2) is 18.2 Å². The van der Waals surface area contributed by atoms with Crippen molar-refractivity contribution in [3.63, 3.8) is 0 Å². The summed E-state index contributed by atoms with van der Waals surface area (Å²) in [6.45, 7) is 0. The van der Waals surface area contributed by atoms with E-state index in [-0.39, 0.29) is 6.04 Å². The van der Waals surface area contributed by atoms with Gasteiger partial charge in [0.1, 0.15) is 0 Å². The lowest BCUT2D eigenvalue weighted by Gasteiger charge is -2.16. The minimum Gasteiger partial charge on any atom is -0.313 e. The first kappa shape index (κ1) is 13.4. The largest absolute Gasteiger partial charge is 0.313 e. The number of hydrogen-bond acceptors (Lipinski definition) is 1. The molecule has 0 saturated carbocycles. The van der Waals surface area contributed by atoms with Crippen LogP contribution in [0.1, 0.15) is 30.9 Å². The number of rotatable bonds is 5. The maximum Gasteiger partial charge on any atom is 0.0424 e. The Morgan fingerprint density at radius 2 is 1.94 bits per heavy atom. The summed E-state index contributed by atoms with van der Waals surface area (Å²) < 4.78 is 0. The molecule has 1 N–H and O–H groups in total. The molecule has 0 aliphatic carbocycles. The number of hydrogen-bond donors (Lipinski definition) is 1. The first-order valence-corrected chi connectivity index (χ1v) is 5.99. The van der Waals surface area contributed by atoms with Crippen LogP contribution in [0.5, 0.6) is 0 Å². The van der Waals surface area contributed by atoms with Crippen molar-refractivity contribution in [2.24, 2.45) is 0 Å². The van der Waals surface area contributed by atoms with Crippen molar-refractivity contribution in [1.82, 2.24) is 5.32 Å². The SMILES string of the molecule is C#CCCCC(NC)c1cc(Cl)cc(Cl)c1. The zero-order chi connectivity index (χ0) is 12.0. The highest BCUT2D eigenvalue weighted by Crippen LogP contribution is 2.26. The summed E-state index contributed by atoms with van der Waals surface area (Å²) in [5.74, 6) is 2.64. The van der Waals surface area contributed by atoms with Gasteiger partial charge >= 0.3 is 0 Å². The van der Waals surface area contributed by atoms with Crippen molar-refractivity contribution in [3.8, 4) is 12.3 Å². The van der Waals surface area contributed by atoms with Gasteiger partial charge in [0.15, 0.2) is 0 Å². The number of benzene rings is 1. The van der Waals surface area contributed by atoms with Crippen LogP contribution in [0.4, 0.5) is 0 Å². The summed E-state index contributed by atoms with van der Waals surface area (Å²) in [5.41, 5.74) is 1.11. The van der Waals surface area contributed by atoms with Crippen LogP contribution in [0, 0.1) is 12.3 Å². The van der Waals surface area contributed by atoms with Gasteiger partial charge in [0.25, 0.3) is 0 Å². The Morgan fingerprint density at radius 1 is 1.31 bits per heavy atom. The first-order chi connectivity index (χ1) is 7.67. The molecule has 1 unspecified atom stereocenters. The van der Waals surface area contributed by atoms with E-state index in [9.17, 15) is 0 Å². The Kier molecular flexibility index (Phi) is 5.69. The summed E-state index contributed by atoms with van der Waals surface area (Å²) >= 11 is 11.9. The molecule has 1 atom stereocenters. The van der Waals surface area contributed by atoms with Crippen LogP contribution >= 0.6 is 23.2 Å². The third-order valence-electron chi connectivity index (χ3n) is 2.45. The third-order valence-corrected chi connectivity index (χ3v) is 2.89. The Bertz CT molecular complexity index is 362. The fourth-order valence-electron chi connectivity index (χ4n) is 1.66. The predicted octanol–water partition coefficient (Wildman–Crippen LogP) is 4.06.